The van der Waals surface area contributed by atoms with Crippen molar-refractivity contribution in [3.05, 3.63) is 22.4 Å². The molecule has 0 saturated heterocycles. The number of anilines is 1. The summed E-state index contributed by atoms with van der Waals surface area (Å²) in [6, 6.07) is 0. The van der Waals surface area contributed by atoms with Gasteiger partial charge in [0.2, 0.25) is 0 Å². The molecule has 3 nitrogen and oxygen atoms in total. The average molecular weight is 300 g/mol. The molecule has 0 saturated carbocycles. The Bertz CT molecular complexity index is 590. The van der Waals surface area contributed by atoms with Crippen LogP contribution in [0.15, 0.2) is 0 Å². The molecule has 1 aromatic heterocycles. The summed E-state index contributed by atoms with van der Waals surface area (Å²) < 4.78 is 0. The molecule has 0 amide bonds. The average Bonchev–Trinajstić information content (AvgIpc) is 2.51. The van der Waals surface area contributed by atoms with E-state index in [2.05, 4.69) is 26.1 Å². The zero-order valence-corrected chi connectivity index (χ0v) is 14.2. The minimum Gasteiger partial charge on any atom is -0.370 e. The van der Waals surface area contributed by atoms with Crippen molar-refractivity contribution >= 4 is 11.6 Å². The van der Waals surface area contributed by atoms with Crippen molar-refractivity contribution in [3.8, 4) is 0 Å². The van der Waals surface area contributed by atoms with Gasteiger partial charge in [-0.2, -0.15) is 0 Å². The topological polar surface area (TPSA) is 42.0 Å². The predicted octanol–water partition coefficient (Wildman–Crippen LogP) is 4.33. The van der Waals surface area contributed by atoms with Crippen molar-refractivity contribution in [3.63, 3.8) is 0 Å². The van der Waals surface area contributed by atoms with Crippen molar-refractivity contribution in [1.82, 2.24) is 4.98 Å². The lowest BCUT2D eigenvalue weighted by atomic mass is 9.71. The summed E-state index contributed by atoms with van der Waals surface area (Å²) in [5, 5.41) is 3.54. The Morgan fingerprint density at radius 2 is 1.86 bits per heavy atom. The van der Waals surface area contributed by atoms with Crippen LogP contribution in [0.5, 0.6) is 0 Å². The molecule has 3 heteroatoms. The number of rotatable bonds is 4. The standard InChI is InChI=1S/C19H28N2O/c1-4-5-12-20-18-14-9-7-6-8-13(14)16-15(21-18)10-11-19(2,3)17(16)22/h4-12H2,1-3H3,(H,20,21). The molecule has 0 atom stereocenters. The van der Waals surface area contributed by atoms with E-state index in [-0.39, 0.29) is 5.41 Å². The molecule has 1 heterocycles. The first-order valence-corrected chi connectivity index (χ1v) is 8.88. The highest BCUT2D eigenvalue weighted by atomic mass is 16.1. The molecule has 0 bridgehead atoms. The maximum absolute atomic E-state index is 12.9. The van der Waals surface area contributed by atoms with Gasteiger partial charge in [0.1, 0.15) is 5.82 Å². The Morgan fingerprint density at radius 1 is 1.14 bits per heavy atom. The molecule has 22 heavy (non-hydrogen) atoms. The Kier molecular flexibility index (Phi) is 4.24. The van der Waals surface area contributed by atoms with Gasteiger partial charge >= 0.3 is 0 Å². The number of carbonyl (C=O) groups excluding carboxylic acids is 1. The normalized spacial score (nSPS) is 19.5. The number of ketones is 1. The third kappa shape index (κ3) is 2.66. The number of aryl methyl sites for hydroxylation is 1. The third-order valence-electron chi connectivity index (χ3n) is 5.24. The molecule has 0 spiro atoms. The molecule has 0 radical (unpaired) electrons. The van der Waals surface area contributed by atoms with Crippen LogP contribution in [0.4, 0.5) is 5.82 Å². The number of unbranched alkanes of at least 4 members (excludes halogenated alkanes) is 1. The van der Waals surface area contributed by atoms with Crippen molar-refractivity contribution in [1.29, 1.82) is 0 Å². The predicted molar refractivity (Wildman–Crippen MR) is 90.7 cm³/mol. The van der Waals surface area contributed by atoms with Crippen LogP contribution in [0.25, 0.3) is 0 Å². The number of hydrogen-bond acceptors (Lipinski definition) is 3. The second-order valence-electron chi connectivity index (χ2n) is 7.44. The van der Waals surface area contributed by atoms with Gasteiger partial charge in [-0.1, -0.05) is 27.2 Å². The van der Waals surface area contributed by atoms with Crippen LogP contribution in [0.2, 0.25) is 0 Å². The summed E-state index contributed by atoms with van der Waals surface area (Å²) in [5.74, 6) is 1.38. The number of Topliss-reactive ketones (excluding diaryl/α,β-unsaturated/α-hetero) is 1. The second kappa shape index (κ2) is 6.02. The zero-order chi connectivity index (χ0) is 15.7. The fourth-order valence-corrected chi connectivity index (χ4v) is 3.74. The molecule has 0 aromatic carbocycles. The zero-order valence-electron chi connectivity index (χ0n) is 14.2. The minimum absolute atomic E-state index is 0.225. The van der Waals surface area contributed by atoms with Gasteiger partial charge in [-0.25, -0.2) is 4.98 Å². The third-order valence-corrected chi connectivity index (χ3v) is 5.24. The van der Waals surface area contributed by atoms with Gasteiger partial charge in [-0.15, -0.1) is 0 Å². The van der Waals surface area contributed by atoms with Gasteiger partial charge < -0.3 is 5.32 Å². The van der Waals surface area contributed by atoms with Crippen LogP contribution in [0.1, 0.15) is 80.1 Å². The number of aromatic nitrogens is 1. The van der Waals surface area contributed by atoms with Crippen LogP contribution >= 0.6 is 0 Å². The van der Waals surface area contributed by atoms with Gasteiger partial charge in [0.05, 0.1) is 5.69 Å². The van der Waals surface area contributed by atoms with Crippen LogP contribution in [-0.4, -0.2) is 17.3 Å². The van der Waals surface area contributed by atoms with E-state index in [0.717, 1.165) is 49.3 Å². The summed E-state index contributed by atoms with van der Waals surface area (Å²) in [6.07, 6.45) is 8.73. The summed E-state index contributed by atoms with van der Waals surface area (Å²) in [7, 11) is 0. The van der Waals surface area contributed by atoms with Gasteiger partial charge in [0.25, 0.3) is 0 Å². The Morgan fingerprint density at radius 3 is 2.59 bits per heavy atom. The molecule has 0 aliphatic heterocycles. The molecular formula is C19H28N2O. The van der Waals surface area contributed by atoms with E-state index < -0.39 is 0 Å². The summed E-state index contributed by atoms with van der Waals surface area (Å²) in [4.78, 5) is 17.8. The van der Waals surface area contributed by atoms with Crippen molar-refractivity contribution in [2.24, 2.45) is 5.41 Å². The van der Waals surface area contributed by atoms with Crippen LogP contribution in [-0.2, 0) is 19.3 Å². The van der Waals surface area contributed by atoms with E-state index in [1.807, 2.05) is 0 Å². The van der Waals surface area contributed by atoms with Gasteiger partial charge in [0, 0.05) is 17.5 Å². The van der Waals surface area contributed by atoms with Crippen LogP contribution in [0.3, 0.4) is 0 Å². The first-order chi connectivity index (χ1) is 10.5. The summed E-state index contributed by atoms with van der Waals surface area (Å²) >= 11 is 0. The number of nitrogens with zero attached hydrogens (tertiary/aromatic N) is 1. The molecule has 1 N–H and O–H groups in total. The first-order valence-electron chi connectivity index (χ1n) is 8.88. The SMILES string of the molecule is CCCCNc1nc2c(c3c1CCCC3)C(=O)C(C)(C)CC2. The largest absolute Gasteiger partial charge is 0.370 e. The summed E-state index contributed by atoms with van der Waals surface area (Å²) in [6.45, 7) is 7.36. The number of nitrogens with one attached hydrogen (secondary N) is 1. The van der Waals surface area contributed by atoms with Crippen LogP contribution < -0.4 is 5.32 Å². The lowest BCUT2D eigenvalue weighted by Gasteiger charge is -2.33. The monoisotopic (exact) mass is 300 g/mol. The van der Waals surface area contributed by atoms with Crippen molar-refractivity contribution in [2.45, 2.75) is 72.1 Å². The van der Waals surface area contributed by atoms with E-state index in [9.17, 15) is 4.79 Å². The number of pyridine rings is 1. The van der Waals surface area contributed by atoms with E-state index in [4.69, 9.17) is 4.98 Å². The fourth-order valence-electron chi connectivity index (χ4n) is 3.74. The highest BCUT2D eigenvalue weighted by Crippen LogP contribution is 2.40. The number of hydrogen-bond donors (Lipinski definition) is 1. The highest BCUT2D eigenvalue weighted by molar-refractivity contribution is 6.03. The summed E-state index contributed by atoms with van der Waals surface area (Å²) in [5.41, 5.74) is 4.44. The molecule has 1 aromatic rings. The van der Waals surface area contributed by atoms with Crippen molar-refractivity contribution < 1.29 is 4.79 Å². The highest BCUT2D eigenvalue weighted by Gasteiger charge is 2.38. The lowest BCUT2D eigenvalue weighted by molar-refractivity contribution is 0.0808. The van der Waals surface area contributed by atoms with Gasteiger partial charge in [0.15, 0.2) is 5.78 Å². The molecule has 2 aliphatic rings. The Labute approximate surface area is 133 Å². The number of fused-ring (bicyclic) bond motifs is 3. The van der Waals surface area contributed by atoms with E-state index in [1.54, 1.807) is 0 Å². The Balaban J connectivity index is 2.04. The van der Waals surface area contributed by atoms with Gasteiger partial charge in [-0.05, 0) is 56.1 Å². The maximum Gasteiger partial charge on any atom is 0.170 e. The second-order valence-corrected chi connectivity index (χ2v) is 7.44. The van der Waals surface area contributed by atoms with E-state index >= 15 is 0 Å². The molecular weight excluding hydrogens is 272 g/mol. The van der Waals surface area contributed by atoms with Crippen molar-refractivity contribution in [2.75, 3.05) is 11.9 Å². The minimum atomic E-state index is -0.225. The molecule has 3 rings (SSSR count). The first kappa shape index (κ1) is 15.5. The molecule has 0 fully saturated rings. The molecule has 2 aliphatic carbocycles. The van der Waals surface area contributed by atoms with E-state index in [1.165, 1.54) is 36.8 Å². The van der Waals surface area contributed by atoms with E-state index in [0.29, 0.717) is 5.78 Å². The van der Waals surface area contributed by atoms with Crippen LogP contribution in [0, 0.1) is 5.41 Å². The number of carbonyl (C=O) groups is 1. The quantitative estimate of drug-likeness (QED) is 0.842. The smallest absolute Gasteiger partial charge is 0.170 e. The fraction of sp³-hybridized carbons (Fsp3) is 0.684. The molecule has 120 valence electrons. The van der Waals surface area contributed by atoms with Gasteiger partial charge in [-0.3, -0.25) is 4.79 Å². The maximum atomic E-state index is 12.9. The molecule has 0 unspecified atom stereocenters. The lowest BCUT2D eigenvalue weighted by Crippen LogP contribution is -2.33. The Hall–Kier alpha value is -1.38.